The molecule has 0 N–H and O–H groups in total. The summed E-state index contributed by atoms with van der Waals surface area (Å²) in [7, 11) is 0. The number of nitrogens with zero attached hydrogens (tertiary/aromatic N) is 1. The fourth-order valence-electron chi connectivity index (χ4n) is 1.80. The van der Waals surface area contributed by atoms with Gasteiger partial charge in [-0.1, -0.05) is 44.2 Å². The molecule has 1 aromatic carbocycles. The molecule has 0 heterocycles. The number of hydrogen-bond donors (Lipinski definition) is 0. The van der Waals surface area contributed by atoms with Crippen LogP contribution in [0.4, 0.5) is 0 Å². The lowest BCUT2D eigenvalue weighted by Crippen LogP contribution is -2.34. The largest absolute Gasteiger partial charge is 0.341 e. The van der Waals surface area contributed by atoms with E-state index in [0.29, 0.717) is 0 Å². The standard InChI is InChI=1S/C14H20ClNO/c1-3-10-16(11-4-2)14(17)13(15)12-8-6-5-7-9-12/h5-9,13H,3-4,10-11H2,1-2H3. The smallest absolute Gasteiger partial charge is 0.245 e. The fraction of sp³-hybridized carbons (Fsp3) is 0.500. The van der Waals surface area contributed by atoms with Crippen molar-refractivity contribution in [2.45, 2.75) is 32.1 Å². The van der Waals surface area contributed by atoms with Gasteiger partial charge in [-0.15, -0.1) is 11.6 Å². The third-order valence-electron chi connectivity index (χ3n) is 2.61. The van der Waals surface area contributed by atoms with E-state index in [1.54, 1.807) is 0 Å². The van der Waals surface area contributed by atoms with Crippen molar-refractivity contribution >= 4 is 17.5 Å². The monoisotopic (exact) mass is 253 g/mol. The zero-order valence-corrected chi connectivity index (χ0v) is 11.3. The summed E-state index contributed by atoms with van der Waals surface area (Å²) >= 11 is 6.23. The van der Waals surface area contributed by atoms with Crippen molar-refractivity contribution in [2.24, 2.45) is 0 Å². The summed E-state index contributed by atoms with van der Waals surface area (Å²) in [6.07, 6.45) is 1.92. The van der Waals surface area contributed by atoms with E-state index in [1.807, 2.05) is 35.2 Å². The minimum atomic E-state index is -0.561. The highest BCUT2D eigenvalue weighted by molar-refractivity contribution is 6.30. The molecule has 1 rings (SSSR count). The van der Waals surface area contributed by atoms with Crippen molar-refractivity contribution in [3.63, 3.8) is 0 Å². The molecule has 1 atom stereocenters. The molecular formula is C14H20ClNO. The summed E-state index contributed by atoms with van der Waals surface area (Å²) in [5.41, 5.74) is 0.872. The van der Waals surface area contributed by atoms with E-state index in [9.17, 15) is 4.79 Å². The summed E-state index contributed by atoms with van der Waals surface area (Å²) in [6, 6.07) is 9.52. The normalized spacial score (nSPS) is 12.2. The van der Waals surface area contributed by atoms with Crippen LogP contribution >= 0.6 is 11.6 Å². The van der Waals surface area contributed by atoms with Crippen LogP contribution in [0.1, 0.15) is 37.6 Å². The van der Waals surface area contributed by atoms with Gasteiger partial charge in [-0.3, -0.25) is 4.79 Å². The van der Waals surface area contributed by atoms with E-state index >= 15 is 0 Å². The maximum absolute atomic E-state index is 12.2. The zero-order chi connectivity index (χ0) is 12.7. The molecule has 0 aliphatic heterocycles. The Labute approximate surface area is 109 Å². The van der Waals surface area contributed by atoms with Crippen molar-refractivity contribution < 1.29 is 4.79 Å². The van der Waals surface area contributed by atoms with Gasteiger partial charge in [-0.2, -0.15) is 0 Å². The van der Waals surface area contributed by atoms with Crippen LogP contribution < -0.4 is 0 Å². The number of carbonyl (C=O) groups excluding carboxylic acids is 1. The van der Waals surface area contributed by atoms with Gasteiger partial charge in [0.2, 0.25) is 5.91 Å². The summed E-state index contributed by atoms with van der Waals surface area (Å²) in [6.45, 7) is 5.70. The van der Waals surface area contributed by atoms with Crippen LogP contribution in [0.25, 0.3) is 0 Å². The quantitative estimate of drug-likeness (QED) is 0.709. The second kappa shape index (κ2) is 7.33. The van der Waals surface area contributed by atoms with Gasteiger partial charge in [0.1, 0.15) is 5.38 Å². The second-order valence-corrected chi connectivity index (χ2v) is 4.53. The van der Waals surface area contributed by atoms with E-state index in [2.05, 4.69) is 13.8 Å². The molecule has 0 spiro atoms. The molecule has 2 nitrogen and oxygen atoms in total. The molecule has 0 saturated heterocycles. The van der Waals surface area contributed by atoms with E-state index in [0.717, 1.165) is 31.5 Å². The maximum Gasteiger partial charge on any atom is 0.245 e. The van der Waals surface area contributed by atoms with Crippen LogP contribution in [0.3, 0.4) is 0 Å². The Morgan fingerprint density at radius 3 is 2.18 bits per heavy atom. The van der Waals surface area contributed by atoms with Gasteiger partial charge >= 0.3 is 0 Å². The molecule has 0 radical (unpaired) electrons. The Balaban J connectivity index is 2.73. The molecule has 3 heteroatoms. The number of amides is 1. The Hall–Kier alpha value is -1.02. The molecule has 0 aromatic heterocycles. The first-order valence-corrected chi connectivity index (χ1v) is 6.62. The number of hydrogen-bond acceptors (Lipinski definition) is 1. The Bertz CT molecular complexity index is 333. The van der Waals surface area contributed by atoms with Crippen molar-refractivity contribution in [1.82, 2.24) is 4.90 Å². The van der Waals surface area contributed by atoms with Crippen molar-refractivity contribution in [1.29, 1.82) is 0 Å². The minimum Gasteiger partial charge on any atom is -0.341 e. The third kappa shape index (κ3) is 4.04. The lowest BCUT2D eigenvalue weighted by atomic mass is 10.1. The van der Waals surface area contributed by atoms with Gasteiger partial charge < -0.3 is 4.90 Å². The molecule has 0 bridgehead atoms. The highest BCUT2D eigenvalue weighted by Gasteiger charge is 2.22. The summed E-state index contributed by atoms with van der Waals surface area (Å²) in [4.78, 5) is 14.1. The molecule has 94 valence electrons. The molecule has 0 saturated carbocycles. The first-order valence-electron chi connectivity index (χ1n) is 6.18. The topological polar surface area (TPSA) is 20.3 Å². The van der Waals surface area contributed by atoms with Crippen LogP contribution in [-0.4, -0.2) is 23.9 Å². The molecular weight excluding hydrogens is 234 g/mol. The summed E-state index contributed by atoms with van der Waals surface area (Å²) in [5, 5.41) is -0.561. The number of rotatable bonds is 6. The highest BCUT2D eigenvalue weighted by atomic mass is 35.5. The average molecular weight is 254 g/mol. The Morgan fingerprint density at radius 2 is 1.71 bits per heavy atom. The highest BCUT2D eigenvalue weighted by Crippen LogP contribution is 2.22. The number of halogens is 1. The maximum atomic E-state index is 12.2. The lowest BCUT2D eigenvalue weighted by Gasteiger charge is -2.24. The van der Waals surface area contributed by atoms with E-state index in [-0.39, 0.29) is 5.91 Å². The fourth-order valence-corrected chi connectivity index (χ4v) is 2.08. The van der Waals surface area contributed by atoms with Gasteiger partial charge in [0.15, 0.2) is 0 Å². The van der Waals surface area contributed by atoms with Crippen molar-refractivity contribution in [3.05, 3.63) is 35.9 Å². The first-order chi connectivity index (χ1) is 8.20. The van der Waals surface area contributed by atoms with Crippen LogP contribution in [0, 0.1) is 0 Å². The Kier molecular flexibility index (Phi) is 6.06. The minimum absolute atomic E-state index is 0.0153. The van der Waals surface area contributed by atoms with E-state index in [4.69, 9.17) is 11.6 Å². The van der Waals surface area contributed by atoms with E-state index in [1.165, 1.54) is 0 Å². The first kappa shape index (κ1) is 14.0. The molecule has 0 aliphatic rings. The van der Waals surface area contributed by atoms with Crippen LogP contribution in [-0.2, 0) is 4.79 Å². The lowest BCUT2D eigenvalue weighted by molar-refractivity contribution is -0.131. The molecule has 0 aliphatic carbocycles. The number of benzene rings is 1. The van der Waals surface area contributed by atoms with Crippen LogP contribution in [0.2, 0.25) is 0 Å². The SMILES string of the molecule is CCCN(CCC)C(=O)C(Cl)c1ccccc1. The predicted octanol–water partition coefficient (Wildman–Crippen LogP) is 3.62. The molecule has 1 aromatic rings. The number of alkyl halides is 1. The van der Waals surface area contributed by atoms with Crippen LogP contribution in [0.15, 0.2) is 30.3 Å². The average Bonchev–Trinajstić information content (AvgIpc) is 2.38. The van der Waals surface area contributed by atoms with Crippen molar-refractivity contribution in [2.75, 3.05) is 13.1 Å². The zero-order valence-electron chi connectivity index (χ0n) is 10.5. The van der Waals surface area contributed by atoms with Gasteiger partial charge in [-0.05, 0) is 18.4 Å². The van der Waals surface area contributed by atoms with Crippen LogP contribution in [0.5, 0.6) is 0 Å². The predicted molar refractivity (Wildman–Crippen MR) is 72.2 cm³/mol. The van der Waals surface area contributed by atoms with E-state index < -0.39 is 5.38 Å². The van der Waals surface area contributed by atoms with Gasteiger partial charge in [0.05, 0.1) is 0 Å². The molecule has 1 amide bonds. The van der Waals surface area contributed by atoms with Gasteiger partial charge in [0, 0.05) is 13.1 Å². The van der Waals surface area contributed by atoms with Crippen molar-refractivity contribution in [3.8, 4) is 0 Å². The summed E-state index contributed by atoms with van der Waals surface area (Å²) < 4.78 is 0. The third-order valence-corrected chi connectivity index (χ3v) is 3.05. The van der Waals surface area contributed by atoms with Gasteiger partial charge in [0.25, 0.3) is 0 Å². The second-order valence-electron chi connectivity index (χ2n) is 4.10. The molecule has 17 heavy (non-hydrogen) atoms. The Morgan fingerprint density at radius 1 is 1.18 bits per heavy atom. The molecule has 0 fully saturated rings. The summed E-state index contributed by atoms with van der Waals surface area (Å²) in [5.74, 6) is 0.0153. The van der Waals surface area contributed by atoms with Gasteiger partial charge in [-0.25, -0.2) is 0 Å². The number of carbonyl (C=O) groups is 1. The molecule has 1 unspecified atom stereocenters.